The van der Waals surface area contributed by atoms with Crippen LogP contribution >= 0.6 is 0 Å². The summed E-state index contributed by atoms with van der Waals surface area (Å²) >= 11 is 0. The van der Waals surface area contributed by atoms with Crippen LogP contribution in [0.4, 0.5) is 22.0 Å². The minimum atomic E-state index is -5.04. The number of carbonyl (C=O) groups is 1. The Morgan fingerprint density at radius 3 is 2.50 bits per heavy atom. The molecule has 2 heterocycles. The number of alkyl halides is 4. The third-order valence-electron chi connectivity index (χ3n) is 9.42. The zero-order valence-electron chi connectivity index (χ0n) is 22.6. The molecule has 212 valence electrons. The molecule has 0 saturated carbocycles. The van der Waals surface area contributed by atoms with Crippen molar-refractivity contribution in [3.63, 3.8) is 0 Å². The van der Waals surface area contributed by atoms with Crippen molar-refractivity contribution in [1.82, 2.24) is 14.7 Å². The number of hydrogen-bond acceptors (Lipinski definition) is 2. The van der Waals surface area contributed by atoms with Crippen LogP contribution in [0.15, 0.2) is 42.5 Å². The van der Waals surface area contributed by atoms with Crippen LogP contribution in [0.1, 0.15) is 70.2 Å². The van der Waals surface area contributed by atoms with Gasteiger partial charge in [-0.2, -0.15) is 18.3 Å². The standard InChI is InChI=1S/C31H32F5N3O/c1-29(33,31(34,35)36)21-11-14-25-20(15-21)9-10-22-17-39(18-30(22,25)16-19-7-12-23(32)13-8-19)28(40)27-24-5-3-4-6-26(24)37-38(27)2/h7-8,11-15,22H,3-6,9-10,16-18H2,1-2H3. The predicted octanol–water partition coefficient (Wildman–Crippen LogP) is 6.38. The summed E-state index contributed by atoms with van der Waals surface area (Å²) in [5.74, 6) is -0.397. The molecular weight excluding hydrogens is 525 g/mol. The summed E-state index contributed by atoms with van der Waals surface area (Å²) in [6.07, 6.45) is 0.332. The maximum atomic E-state index is 14.9. The zero-order chi connectivity index (χ0) is 28.4. The second-order valence-corrected chi connectivity index (χ2v) is 11.9. The zero-order valence-corrected chi connectivity index (χ0v) is 22.6. The van der Waals surface area contributed by atoms with Gasteiger partial charge in [0.1, 0.15) is 11.5 Å². The monoisotopic (exact) mass is 557 g/mol. The van der Waals surface area contributed by atoms with Crippen molar-refractivity contribution in [2.24, 2.45) is 13.0 Å². The summed E-state index contributed by atoms with van der Waals surface area (Å²) in [4.78, 5) is 15.9. The summed E-state index contributed by atoms with van der Waals surface area (Å²) in [5.41, 5.74) is 0.519. The van der Waals surface area contributed by atoms with Crippen molar-refractivity contribution >= 4 is 5.91 Å². The van der Waals surface area contributed by atoms with E-state index in [0.717, 1.165) is 48.1 Å². The van der Waals surface area contributed by atoms with E-state index in [4.69, 9.17) is 0 Å². The van der Waals surface area contributed by atoms with Crippen molar-refractivity contribution in [3.8, 4) is 0 Å². The molecule has 3 atom stereocenters. The number of hydrogen-bond donors (Lipinski definition) is 0. The number of rotatable bonds is 4. The molecule has 1 aromatic heterocycles. The van der Waals surface area contributed by atoms with Crippen molar-refractivity contribution < 1.29 is 26.7 Å². The Labute approximate surface area is 230 Å². The highest BCUT2D eigenvalue weighted by molar-refractivity contribution is 5.95. The largest absolute Gasteiger partial charge is 0.426 e. The maximum absolute atomic E-state index is 14.9. The number of aryl methyl sites for hydroxylation is 3. The van der Waals surface area contributed by atoms with Crippen LogP contribution in [-0.4, -0.2) is 39.9 Å². The van der Waals surface area contributed by atoms with E-state index in [1.54, 1.807) is 29.9 Å². The lowest BCUT2D eigenvalue weighted by Gasteiger charge is -2.41. The van der Waals surface area contributed by atoms with Gasteiger partial charge in [-0.25, -0.2) is 8.78 Å². The smallest absolute Gasteiger partial charge is 0.336 e. The number of benzene rings is 2. The van der Waals surface area contributed by atoms with E-state index in [0.29, 0.717) is 50.5 Å². The molecule has 3 aromatic rings. The minimum Gasteiger partial charge on any atom is -0.336 e. The first-order valence-electron chi connectivity index (χ1n) is 13.9. The number of fused-ring (bicyclic) bond motifs is 4. The van der Waals surface area contributed by atoms with Gasteiger partial charge in [0.15, 0.2) is 0 Å². The molecule has 1 saturated heterocycles. The Bertz CT molecular complexity index is 1460. The van der Waals surface area contributed by atoms with Crippen molar-refractivity contribution in [3.05, 3.63) is 87.5 Å². The highest BCUT2D eigenvalue weighted by Crippen LogP contribution is 2.51. The molecule has 2 aromatic carbocycles. The number of halogens is 5. The molecule has 1 amide bonds. The molecule has 6 rings (SSSR count). The normalized spacial score (nSPS) is 23.8. The SMILES string of the molecule is Cn1nc2c(c1C(=O)N1CC3CCc4cc(C(C)(F)C(F)(F)F)ccc4C3(Cc3ccc(F)cc3)C1)CCCC2. The van der Waals surface area contributed by atoms with E-state index >= 15 is 0 Å². The molecular formula is C31H32F5N3O. The molecule has 40 heavy (non-hydrogen) atoms. The Kier molecular flexibility index (Phi) is 6.35. The van der Waals surface area contributed by atoms with Gasteiger partial charge in [0.05, 0.1) is 5.69 Å². The van der Waals surface area contributed by atoms with E-state index in [2.05, 4.69) is 5.10 Å². The van der Waals surface area contributed by atoms with E-state index in [-0.39, 0.29) is 17.6 Å². The van der Waals surface area contributed by atoms with E-state index in [1.165, 1.54) is 24.3 Å². The number of carbonyl (C=O) groups excluding carboxylic acids is 1. The third-order valence-corrected chi connectivity index (χ3v) is 9.42. The molecule has 0 bridgehead atoms. The Hall–Kier alpha value is -3.23. The summed E-state index contributed by atoms with van der Waals surface area (Å²) in [6, 6.07) is 10.4. The van der Waals surface area contributed by atoms with E-state index in [9.17, 15) is 26.7 Å². The molecule has 2 aliphatic carbocycles. The molecule has 4 nitrogen and oxygen atoms in total. The first-order chi connectivity index (χ1) is 18.9. The summed E-state index contributed by atoms with van der Waals surface area (Å²) in [5, 5.41) is 4.62. The Morgan fingerprint density at radius 2 is 1.77 bits per heavy atom. The molecule has 9 heteroatoms. The highest BCUT2D eigenvalue weighted by Gasteiger charge is 2.55. The van der Waals surface area contributed by atoms with Crippen LogP contribution in [0.3, 0.4) is 0 Å². The lowest BCUT2D eigenvalue weighted by Crippen LogP contribution is -2.42. The van der Waals surface area contributed by atoms with Crippen molar-refractivity contribution in [2.45, 2.75) is 69.1 Å². The second kappa shape index (κ2) is 9.42. The van der Waals surface area contributed by atoms with Gasteiger partial charge in [-0.05, 0) is 92.2 Å². The summed E-state index contributed by atoms with van der Waals surface area (Å²) in [7, 11) is 1.80. The number of amides is 1. The van der Waals surface area contributed by atoms with Gasteiger partial charge in [-0.15, -0.1) is 0 Å². The first kappa shape index (κ1) is 27.0. The number of likely N-dealkylation sites (tertiary alicyclic amines) is 1. The average molecular weight is 558 g/mol. The van der Waals surface area contributed by atoms with Gasteiger partial charge >= 0.3 is 6.18 Å². The fourth-order valence-corrected chi connectivity index (χ4v) is 7.23. The minimum absolute atomic E-state index is 0.0447. The van der Waals surface area contributed by atoms with Crippen LogP contribution in [0.5, 0.6) is 0 Å². The Morgan fingerprint density at radius 1 is 1.05 bits per heavy atom. The summed E-state index contributed by atoms with van der Waals surface area (Å²) in [6.45, 7) is 1.43. The van der Waals surface area contributed by atoms with Gasteiger partial charge in [0.25, 0.3) is 5.91 Å². The molecule has 0 radical (unpaired) electrons. The van der Waals surface area contributed by atoms with Crippen LogP contribution < -0.4 is 0 Å². The molecule has 0 N–H and O–H groups in total. The van der Waals surface area contributed by atoms with Crippen LogP contribution in [0, 0.1) is 11.7 Å². The van der Waals surface area contributed by atoms with E-state index in [1.807, 2.05) is 4.90 Å². The topological polar surface area (TPSA) is 38.1 Å². The molecule has 3 unspecified atom stereocenters. The number of aromatic nitrogens is 2. The predicted molar refractivity (Wildman–Crippen MR) is 140 cm³/mol. The van der Waals surface area contributed by atoms with Crippen molar-refractivity contribution in [1.29, 1.82) is 0 Å². The highest BCUT2D eigenvalue weighted by atomic mass is 19.4. The fourth-order valence-electron chi connectivity index (χ4n) is 7.23. The second-order valence-electron chi connectivity index (χ2n) is 11.9. The van der Waals surface area contributed by atoms with Crippen molar-refractivity contribution in [2.75, 3.05) is 13.1 Å². The van der Waals surface area contributed by atoms with Gasteiger partial charge in [0, 0.05) is 31.1 Å². The van der Waals surface area contributed by atoms with Crippen LogP contribution in [-0.2, 0) is 43.8 Å². The van der Waals surface area contributed by atoms with Crippen LogP contribution in [0.25, 0.3) is 0 Å². The lowest BCUT2D eigenvalue weighted by atomic mass is 9.62. The van der Waals surface area contributed by atoms with Gasteiger partial charge in [0.2, 0.25) is 5.67 Å². The average Bonchev–Trinajstić information content (AvgIpc) is 3.46. The Balaban J connectivity index is 1.41. The molecule has 3 aliphatic rings. The lowest BCUT2D eigenvalue weighted by molar-refractivity contribution is -0.228. The molecule has 0 spiro atoms. The van der Waals surface area contributed by atoms with Gasteiger partial charge in [-0.3, -0.25) is 9.48 Å². The van der Waals surface area contributed by atoms with Crippen LogP contribution in [0.2, 0.25) is 0 Å². The quantitative estimate of drug-likeness (QED) is 0.349. The first-order valence-corrected chi connectivity index (χ1v) is 13.9. The third kappa shape index (κ3) is 4.23. The fraction of sp³-hybridized carbons (Fsp3) is 0.484. The number of nitrogens with zero attached hydrogens (tertiary/aromatic N) is 3. The van der Waals surface area contributed by atoms with Gasteiger partial charge in [-0.1, -0.05) is 30.3 Å². The molecule has 1 aliphatic heterocycles. The van der Waals surface area contributed by atoms with Gasteiger partial charge < -0.3 is 4.90 Å². The maximum Gasteiger partial charge on any atom is 0.426 e. The summed E-state index contributed by atoms with van der Waals surface area (Å²) < 4.78 is 70.9. The van der Waals surface area contributed by atoms with E-state index < -0.39 is 22.8 Å². The molecule has 1 fully saturated rings.